The molecule has 0 aromatic heterocycles. The second-order valence-corrected chi connectivity index (χ2v) is 6.51. The summed E-state index contributed by atoms with van der Waals surface area (Å²) in [7, 11) is -2.24. The number of ether oxygens (including phenoxy) is 1. The van der Waals surface area contributed by atoms with Crippen LogP contribution in [0.2, 0.25) is 0 Å². The molecular formula is C12H24NO4PU. The fourth-order valence-corrected chi connectivity index (χ4v) is 1.68. The van der Waals surface area contributed by atoms with Crippen molar-refractivity contribution >= 4 is 14.1 Å². The quantitative estimate of drug-likeness (QED) is 0.233. The first-order valence-electron chi connectivity index (χ1n) is 5.95. The molecule has 0 rings (SSSR count). The van der Waals surface area contributed by atoms with Crippen molar-refractivity contribution in [3.05, 3.63) is 12.2 Å². The molecule has 0 aromatic carbocycles. The van der Waals surface area contributed by atoms with E-state index in [1.807, 2.05) is 0 Å². The summed E-state index contributed by atoms with van der Waals surface area (Å²) < 4.78 is 21.2. The minimum absolute atomic E-state index is 0. The third kappa shape index (κ3) is 14.6. The predicted octanol–water partition coefficient (Wildman–Crippen LogP) is 2.54. The molecule has 5 nitrogen and oxygen atoms in total. The van der Waals surface area contributed by atoms with Crippen molar-refractivity contribution < 1.29 is 49.7 Å². The molecule has 0 aliphatic heterocycles. The molecule has 0 bridgehead atoms. The summed E-state index contributed by atoms with van der Waals surface area (Å²) in [6.45, 7) is 12.2. The Morgan fingerprint density at radius 2 is 1.89 bits per heavy atom. The molecule has 0 saturated carbocycles. The fraction of sp³-hybridized carbons (Fsp3) is 0.750. The molecule has 0 aromatic rings. The van der Waals surface area contributed by atoms with Gasteiger partial charge in [0.05, 0.1) is 6.61 Å². The molecule has 1 N–H and O–H groups in total. The van der Waals surface area contributed by atoms with Gasteiger partial charge in [-0.05, 0) is 18.8 Å². The Kier molecular flexibility index (Phi) is 12.7. The molecule has 0 fully saturated rings. The van der Waals surface area contributed by atoms with Gasteiger partial charge in [-0.1, -0.05) is 27.4 Å². The van der Waals surface area contributed by atoms with E-state index in [0.717, 1.165) is 6.42 Å². The summed E-state index contributed by atoms with van der Waals surface area (Å²) in [5.74, 6) is -0.459. The van der Waals surface area contributed by atoms with Crippen molar-refractivity contribution in [3.63, 3.8) is 0 Å². The number of nitrogens with one attached hydrogen (secondary N) is 1. The molecule has 1 atom stereocenters. The molecule has 110 valence electrons. The van der Waals surface area contributed by atoms with Crippen molar-refractivity contribution in [2.24, 2.45) is 5.41 Å². The normalized spacial score (nSPS) is 12.4. The van der Waals surface area contributed by atoms with Gasteiger partial charge in [0.2, 0.25) is 0 Å². The van der Waals surface area contributed by atoms with Crippen LogP contribution in [0.4, 0.5) is 0 Å². The fourth-order valence-electron chi connectivity index (χ4n) is 0.983. The maximum absolute atomic E-state index is 11.4. The molecule has 1 unspecified atom stereocenters. The van der Waals surface area contributed by atoms with E-state index in [9.17, 15) is 9.36 Å². The van der Waals surface area contributed by atoms with E-state index < -0.39 is 14.1 Å². The van der Waals surface area contributed by atoms with Crippen LogP contribution in [0.25, 0.3) is 0 Å². The molecular weight excluding hydrogens is 491 g/mol. The van der Waals surface area contributed by atoms with Crippen LogP contribution in [0, 0.1) is 36.5 Å². The van der Waals surface area contributed by atoms with Crippen molar-refractivity contribution in [3.8, 4) is 0 Å². The van der Waals surface area contributed by atoms with Crippen LogP contribution in [0.1, 0.15) is 34.1 Å². The van der Waals surface area contributed by atoms with Crippen molar-refractivity contribution in [2.75, 3.05) is 19.8 Å². The standard InChI is InChI=1S/C12H24NO4P.U/c1-10(2)11(14)16-8-9-17-18(15)13-7-6-12(3,4)5;/h18H,1,6-9H2,2-5H3,(H,13,15);. The van der Waals surface area contributed by atoms with E-state index in [1.165, 1.54) is 0 Å². The molecule has 0 spiro atoms. The molecule has 19 heavy (non-hydrogen) atoms. The molecule has 0 saturated heterocycles. The average Bonchev–Trinajstić information content (AvgIpc) is 2.22. The molecule has 0 amide bonds. The Labute approximate surface area is 140 Å². The molecule has 0 aliphatic carbocycles. The largest absolute Gasteiger partial charge is 0.460 e. The van der Waals surface area contributed by atoms with Gasteiger partial charge in [0.25, 0.3) is 8.18 Å². The van der Waals surface area contributed by atoms with Gasteiger partial charge < -0.3 is 9.26 Å². The smallest absolute Gasteiger partial charge is 0.333 e. The van der Waals surface area contributed by atoms with E-state index in [1.54, 1.807) is 6.92 Å². The zero-order chi connectivity index (χ0) is 14.2. The number of esters is 1. The van der Waals surface area contributed by atoms with Gasteiger partial charge in [-0.15, -0.1) is 0 Å². The van der Waals surface area contributed by atoms with Crippen LogP contribution in [0.5, 0.6) is 0 Å². The Balaban J connectivity index is 0. The second kappa shape index (κ2) is 11.1. The molecule has 0 heterocycles. The van der Waals surface area contributed by atoms with Gasteiger partial charge in [-0.3, -0.25) is 4.57 Å². The number of rotatable bonds is 8. The first-order chi connectivity index (χ1) is 8.22. The van der Waals surface area contributed by atoms with Crippen LogP contribution in [0.3, 0.4) is 0 Å². The topological polar surface area (TPSA) is 64.6 Å². The van der Waals surface area contributed by atoms with Gasteiger partial charge in [0, 0.05) is 43.2 Å². The molecule has 0 radical (unpaired) electrons. The summed E-state index contributed by atoms with van der Waals surface area (Å²) >= 11 is 0. The van der Waals surface area contributed by atoms with Gasteiger partial charge in [-0.2, -0.15) is 0 Å². The van der Waals surface area contributed by atoms with Crippen LogP contribution in [-0.2, 0) is 18.6 Å². The number of carbonyl (C=O) groups excluding carboxylic acids is 1. The Morgan fingerprint density at radius 1 is 1.32 bits per heavy atom. The van der Waals surface area contributed by atoms with Crippen LogP contribution in [0.15, 0.2) is 12.2 Å². The summed E-state index contributed by atoms with van der Waals surface area (Å²) in [6, 6.07) is 0. The first-order valence-corrected chi connectivity index (χ1v) is 7.27. The summed E-state index contributed by atoms with van der Waals surface area (Å²) in [5.41, 5.74) is 0.539. The third-order valence-corrected chi connectivity index (χ3v) is 3.05. The van der Waals surface area contributed by atoms with Crippen molar-refractivity contribution in [1.29, 1.82) is 0 Å². The van der Waals surface area contributed by atoms with Crippen LogP contribution in [-0.4, -0.2) is 25.7 Å². The molecule has 7 heteroatoms. The van der Waals surface area contributed by atoms with Gasteiger partial charge in [-0.25, -0.2) is 9.88 Å². The first kappa shape index (κ1) is 21.7. The monoisotopic (exact) mass is 515 g/mol. The Bertz CT molecular complexity index is 315. The predicted molar refractivity (Wildman–Crippen MR) is 72.8 cm³/mol. The van der Waals surface area contributed by atoms with E-state index in [2.05, 4.69) is 32.4 Å². The van der Waals surface area contributed by atoms with Crippen LogP contribution >= 0.6 is 8.18 Å². The zero-order valence-electron chi connectivity index (χ0n) is 12.2. The molecule has 0 aliphatic rings. The van der Waals surface area contributed by atoms with E-state index >= 15 is 0 Å². The zero-order valence-corrected chi connectivity index (χ0v) is 17.3. The third-order valence-electron chi connectivity index (χ3n) is 2.04. The minimum Gasteiger partial charge on any atom is -0.460 e. The van der Waals surface area contributed by atoms with Gasteiger partial charge in [0.1, 0.15) is 6.61 Å². The number of hydrogen-bond acceptors (Lipinski definition) is 4. The van der Waals surface area contributed by atoms with Crippen molar-refractivity contribution in [1.82, 2.24) is 5.09 Å². The minimum atomic E-state index is -2.24. The maximum Gasteiger partial charge on any atom is 0.333 e. The SMILES string of the molecule is C=C(C)C(=O)OCCO[PH](=O)NCCC(C)(C)C.[U]. The summed E-state index contributed by atoms with van der Waals surface area (Å²) in [4.78, 5) is 11.0. The van der Waals surface area contributed by atoms with E-state index in [-0.39, 0.29) is 49.7 Å². The number of carbonyl (C=O) groups is 1. The maximum atomic E-state index is 11.4. The van der Waals surface area contributed by atoms with E-state index in [4.69, 9.17) is 9.26 Å². The second-order valence-electron chi connectivity index (χ2n) is 5.29. The Hall–Kier alpha value is 0.412. The average molecular weight is 515 g/mol. The van der Waals surface area contributed by atoms with Gasteiger partial charge in [0.15, 0.2) is 0 Å². The van der Waals surface area contributed by atoms with Crippen LogP contribution < -0.4 is 5.09 Å². The van der Waals surface area contributed by atoms with Gasteiger partial charge >= 0.3 is 5.97 Å². The number of hydrogen-bond donors (Lipinski definition) is 1. The van der Waals surface area contributed by atoms with E-state index in [0.29, 0.717) is 12.1 Å². The van der Waals surface area contributed by atoms with Crippen molar-refractivity contribution in [2.45, 2.75) is 34.1 Å². The summed E-state index contributed by atoms with van der Waals surface area (Å²) in [5, 5.41) is 2.82. The summed E-state index contributed by atoms with van der Waals surface area (Å²) in [6.07, 6.45) is 0.914. The Morgan fingerprint density at radius 3 is 2.37 bits per heavy atom.